The van der Waals surface area contributed by atoms with E-state index in [0.29, 0.717) is 20.7 Å². The van der Waals surface area contributed by atoms with Gasteiger partial charge in [-0.15, -0.1) is 0 Å². The molecule has 2 rings (SSSR count). The van der Waals surface area contributed by atoms with Crippen LogP contribution in [0.2, 0.25) is 10.0 Å². The third kappa shape index (κ3) is 3.25. The van der Waals surface area contributed by atoms with Gasteiger partial charge in [0.1, 0.15) is 11.6 Å². The van der Waals surface area contributed by atoms with E-state index < -0.39 is 5.82 Å². The van der Waals surface area contributed by atoms with Crippen molar-refractivity contribution in [3.63, 3.8) is 0 Å². The van der Waals surface area contributed by atoms with Crippen molar-refractivity contribution in [2.24, 2.45) is 0 Å². The van der Waals surface area contributed by atoms with Gasteiger partial charge in [0, 0.05) is 20.7 Å². The number of hydrogen-bond donors (Lipinski definition) is 1. The molecule has 0 spiro atoms. The molecule has 0 saturated carbocycles. The van der Waals surface area contributed by atoms with E-state index in [9.17, 15) is 8.78 Å². The maximum Gasteiger partial charge on any atom is 0.142 e. The average Bonchev–Trinajstić information content (AvgIpc) is 2.38. The molecule has 2 aromatic carbocycles. The molecule has 1 unspecified atom stereocenters. The fraction of sp³-hybridized carbons (Fsp3) is 0.143. The molecule has 20 heavy (non-hydrogen) atoms. The Balaban J connectivity index is 2.33. The standard InChI is InChI=1S/C14H10BrCl2F2N/c1-7(13-10(16)3-4-11(19)14(13)17)20-12-5-2-8(18)6-9(12)15/h2-7,20H,1H3. The van der Waals surface area contributed by atoms with Crippen molar-refractivity contribution in [1.29, 1.82) is 0 Å². The molecule has 1 nitrogen and oxygen atoms in total. The first kappa shape index (κ1) is 15.5. The van der Waals surface area contributed by atoms with Gasteiger partial charge >= 0.3 is 0 Å². The SMILES string of the molecule is CC(Nc1ccc(F)cc1Br)c1c(Cl)ccc(F)c1Cl. The van der Waals surface area contributed by atoms with Gasteiger partial charge < -0.3 is 5.32 Å². The van der Waals surface area contributed by atoms with Gasteiger partial charge in [-0.05, 0) is 53.2 Å². The van der Waals surface area contributed by atoms with Crippen LogP contribution in [0, 0.1) is 11.6 Å². The van der Waals surface area contributed by atoms with Crippen LogP contribution in [0.4, 0.5) is 14.5 Å². The molecule has 0 saturated heterocycles. The number of nitrogens with one attached hydrogen (secondary N) is 1. The van der Waals surface area contributed by atoms with Crippen LogP contribution in [-0.4, -0.2) is 0 Å². The Morgan fingerprint density at radius 3 is 2.50 bits per heavy atom. The van der Waals surface area contributed by atoms with Crippen LogP contribution in [0.25, 0.3) is 0 Å². The second-order valence-corrected chi connectivity index (χ2v) is 5.89. The highest BCUT2D eigenvalue weighted by molar-refractivity contribution is 9.10. The maximum absolute atomic E-state index is 13.5. The molecule has 0 fully saturated rings. The molecule has 2 aromatic rings. The van der Waals surface area contributed by atoms with Crippen molar-refractivity contribution < 1.29 is 8.78 Å². The fourth-order valence-electron chi connectivity index (χ4n) is 1.85. The average molecular weight is 381 g/mol. The molecule has 106 valence electrons. The third-order valence-corrected chi connectivity index (χ3v) is 4.19. The smallest absolute Gasteiger partial charge is 0.142 e. The van der Waals surface area contributed by atoms with Crippen LogP contribution in [0.5, 0.6) is 0 Å². The predicted molar refractivity (Wildman–Crippen MR) is 82.6 cm³/mol. The van der Waals surface area contributed by atoms with Crippen LogP contribution in [0.3, 0.4) is 0 Å². The number of halogens is 5. The van der Waals surface area contributed by atoms with Gasteiger partial charge in [0.25, 0.3) is 0 Å². The van der Waals surface area contributed by atoms with Gasteiger partial charge in [0.2, 0.25) is 0 Å². The van der Waals surface area contributed by atoms with Gasteiger partial charge in [-0.1, -0.05) is 23.2 Å². The minimum atomic E-state index is -0.530. The monoisotopic (exact) mass is 379 g/mol. The Labute approximate surface area is 134 Å². The summed E-state index contributed by atoms with van der Waals surface area (Å²) in [6.07, 6.45) is 0. The first-order valence-electron chi connectivity index (χ1n) is 5.75. The number of hydrogen-bond acceptors (Lipinski definition) is 1. The minimum Gasteiger partial charge on any atom is -0.377 e. The zero-order valence-corrected chi connectivity index (χ0v) is 13.5. The molecule has 0 amide bonds. The lowest BCUT2D eigenvalue weighted by Crippen LogP contribution is -2.09. The van der Waals surface area contributed by atoms with Crippen molar-refractivity contribution in [3.05, 3.63) is 62.0 Å². The summed E-state index contributed by atoms with van der Waals surface area (Å²) in [6, 6.07) is 6.58. The fourth-order valence-corrected chi connectivity index (χ4v) is 3.01. The minimum absolute atomic E-state index is 0.0178. The third-order valence-electron chi connectivity index (χ3n) is 2.82. The topological polar surface area (TPSA) is 12.0 Å². The zero-order chi connectivity index (χ0) is 14.9. The molecular weight excluding hydrogens is 371 g/mol. The molecule has 0 aliphatic rings. The van der Waals surface area contributed by atoms with Crippen molar-refractivity contribution in [2.75, 3.05) is 5.32 Å². The van der Waals surface area contributed by atoms with E-state index in [-0.39, 0.29) is 16.9 Å². The molecular formula is C14H10BrCl2F2N. The molecule has 6 heteroatoms. The highest BCUT2D eigenvalue weighted by Crippen LogP contribution is 2.35. The molecule has 0 radical (unpaired) electrons. The lowest BCUT2D eigenvalue weighted by Gasteiger charge is -2.19. The molecule has 0 aromatic heterocycles. The normalized spacial score (nSPS) is 12.3. The van der Waals surface area contributed by atoms with E-state index in [1.807, 2.05) is 0 Å². The van der Waals surface area contributed by atoms with Gasteiger partial charge in [0.05, 0.1) is 11.1 Å². The lowest BCUT2D eigenvalue weighted by atomic mass is 10.1. The van der Waals surface area contributed by atoms with E-state index >= 15 is 0 Å². The largest absolute Gasteiger partial charge is 0.377 e. The maximum atomic E-state index is 13.5. The summed E-state index contributed by atoms with van der Waals surface area (Å²) in [5.74, 6) is -0.880. The second-order valence-electron chi connectivity index (χ2n) is 4.25. The second kappa shape index (κ2) is 6.29. The molecule has 0 bridgehead atoms. The summed E-state index contributed by atoms with van der Waals surface area (Å²) in [4.78, 5) is 0. The van der Waals surface area contributed by atoms with Crippen LogP contribution < -0.4 is 5.32 Å². The van der Waals surface area contributed by atoms with Gasteiger partial charge in [-0.25, -0.2) is 8.78 Å². The molecule has 0 heterocycles. The Hall–Kier alpha value is -0.840. The molecule has 0 aliphatic heterocycles. The van der Waals surface area contributed by atoms with E-state index in [0.717, 1.165) is 0 Å². The quantitative estimate of drug-likeness (QED) is 0.624. The Morgan fingerprint density at radius 1 is 1.15 bits per heavy atom. The summed E-state index contributed by atoms with van der Waals surface area (Å²) in [7, 11) is 0. The van der Waals surface area contributed by atoms with Crippen LogP contribution >= 0.6 is 39.1 Å². The van der Waals surface area contributed by atoms with E-state index in [2.05, 4.69) is 21.2 Å². The number of benzene rings is 2. The summed E-state index contributed by atoms with van der Waals surface area (Å²) >= 11 is 15.3. The predicted octanol–water partition coefficient (Wildman–Crippen LogP) is 6.21. The van der Waals surface area contributed by atoms with Gasteiger partial charge in [-0.3, -0.25) is 0 Å². The number of anilines is 1. The Morgan fingerprint density at radius 2 is 1.85 bits per heavy atom. The van der Waals surface area contributed by atoms with Crippen molar-refractivity contribution in [3.8, 4) is 0 Å². The first-order valence-corrected chi connectivity index (χ1v) is 7.30. The summed E-state index contributed by atoms with van der Waals surface area (Å²) in [5, 5.41) is 3.47. The van der Waals surface area contributed by atoms with Crippen molar-refractivity contribution in [1.82, 2.24) is 0 Å². The molecule has 1 atom stereocenters. The van der Waals surface area contributed by atoms with Crippen LogP contribution in [0.15, 0.2) is 34.8 Å². The highest BCUT2D eigenvalue weighted by Gasteiger charge is 2.17. The van der Waals surface area contributed by atoms with Crippen LogP contribution in [-0.2, 0) is 0 Å². The Kier molecular flexibility index (Phi) is 4.89. The first-order chi connectivity index (χ1) is 9.40. The zero-order valence-electron chi connectivity index (χ0n) is 10.4. The molecule has 0 aliphatic carbocycles. The van der Waals surface area contributed by atoms with Crippen molar-refractivity contribution in [2.45, 2.75) is 13.0 Å². The van der Waals surface area contributed by atoms with Crippen LogP contribution in [0.1, 0.15) is 18.5 Å². The van der Waals surface area contributed by atoms with E-state index in [1.165, 1.54) is 24.3 Å². The summed E-state index contributed by atoms with van der Waals surface area (Å²) in [6.45, 7) is 1.79. The number of rotatable bonds is 3. The van der Waals surface area contributed by atoms with E-state index in [1.54, 1.807) is 13.0 Å². The lowest BCUT2D eigenvalue weighted by molar-refractivity contribution is 0.624. The molecule has 1 N–H and O–H groups in total. The summed E-state index contributed by atoms with van der Waals surface area (Å²) < 4.78 is 27.1. The summed E-state index contributed by atoms with van der Waals surface area (Å²) in [5.41, 5.74) is 1.12. The van der Waals surface area contributed by atoms with Gasteiger partial charge in [-0.2, -0.15) is 0 Å². The van der Waals surface area contributed by atoms with E-state index in [4.69, 9.17) is 23.2 Å². The van der Waals surface area contributed by atoms with Gasteiger partial charge in [0.15, 0.2) is 0 Å². The Bertz CT molecular complexity index is 649. The highest BCUT2D eigenvalue weighted by atomic mass is 79.9. The van der Waals surface area contributed by atoms with Crippen molar-refractivity contribution >= 4 is 44.8 Å².